The predicted molar refractivity (Wildman–Crippen MR) is 149 cm³/mol. The first kappa shape index (κ1) is 26.0. The third-order valence-electron chi connectivity index (χ3n) is 8.58. The molecule has 0 unspecified atom stereocenters. The molecule has 40 heavy (non-hydrogen) atoms. The van der Waals surface area contributed by atoms with Crippen molar-refractivity contribution < 1.29 is 23.9 Å². The Hall–Kier alpha value is -4.26. The number of hydrogen-bond donors (Lipinski definition) is 1. The average molecular weight is 537 g/mol. The van der Waals surface area contributed by atoms with E-state index in [1.807, 2.05) is 50.2 Å². The molecule has 0 radical (unpaired) electrons. The maximum absolute atomic E-state index is 14.1. The zero-order valence-corrected chi connectivity index (χ0v) is 22.6. The zero-order valence-electron chi connectivity index (χ0n) is 22.6. The molecule has 0 spiro atoms. The first-order chi connectivity index (χ1) is 19.4. The molecule has 1 N–H and O–H groups in total. The van der Waals surface area contributed by atoms with Crippen molar-refractivity contribution in [2.75, 3.05) is 11.9 Å². The second-order valence-electron chi connectivity index (χ2n) is 11.0. The molecule has 3 amide bonds. The van der Waals surface area contributed by atoms with Crippen molar-refractivity contribution in [2.45, 2.75) is 51.0 Å². The van der Waals surface area contributed by atoms with E-state index in [0.717, 1.165) is 34.2 Å². The fraction of sp³-hybridized carbons (Fsp3) is 0.333. The molecule has 2 bridgehead atoms. The number of esters is 1. The summed E-state index contributed by atoms with van der Waals surface area (Å²) in [6.45, 7) is 3.43. The standard InChI is InChI=1S/C33H32N2O5/c1-3-4-13-25(33(39)40-18-26(36)34-20-16-14-19(2)15-17-20)35-31(37)29-27-21-9-5-6-10-22(21)28(30(29)32(35)38)24-12-8-7-11-23(24)27/h5-12,14-17,25,27-30H,3-4,13,18H2,1-2H3,(H,34,36)/t25-,27?,28?,29-,30-/m1/s1. The van der Waals surface area contributed by atoms with Gasteiger partial charge in [0.05, 0.1) is 11.8 Å². The van der Waals surface area contributed by atoms with Crippen LogP contribution in [0.2, 0.25) is 0 Å². The van der Waals surface area contributed by atoms with Gasteiger partial charge in [0.2, 0.25) is 11.8 Å². The Morgan fingerprint density at radius 3 is 1.80 bits per heavy atom. The summed E-state index contributed by atoms with van der Waals surface area (Å²) in [5.74, 6) is -3.47. The molecule has 204 valence electrons. The van der Waals surface area contributed by atoms with Crippen molar-refractivity contribution in [2.24, 2.45) is 11.8 Å². The van der Waals surface area contributed by atoms with Crippen LogP contribution in [0.5, 0.6) is 0 Å². The minimum atomic E-state index is -1.07. The maximum Gasteiger partial charge on any atom is 0.329 e. The van der Waals surface area contributed by atoms with Gasteiger partial charge in [0.25, 0.3) is 5.91 Å². The Morgan fingerprint density at radius 2 is 1.32 bits per heavy atom. The molecule has 0 saturated carbocycles. The van der Waals surface area contributed by atoms with E-state index in [1.54, 1.807) is 12.1 Å². The van der Waals surface area contributed by atoms with Crippen LogP contribution in [0.15, 0.2) is 72.8 Å². The predicted octanol–water partition coefficient (Wildman–Crippen LogP) is 4.93. The highest BCUT2D eigenvalue weighted by Crippen LogP contribution is 2.61. The smallest absolute Gasteiger partial charge is 0.329 e. The molecule has 3 aliphatic carbocycles. The number of nitrogens with one attached hydrogen (secondary N) is 1. The van der Waals surface area contributed by atoms with Crippen molar-refractivity contribution >= 4 is 29.4 Å². The summed E-state index contributed by atoms with van der Waals surface area (Å²) in [5.41, 5.74) is 5.97. The van der Waals surface area contributed by atoms with Gasteiger partial charge in [-0.05, 0) is 47.7 Å². The lowest BCUT2D eigenvalue weighted by atomic mass is 9.55. The zero-order chi connectivity index (χ0) is 28.0. The van der Waals surface area contributed by atoms with Gasteiger partial charge >= 0.3 is 5.97 Å². The SMILES string of the molecule is CCCC[C@H](C(=O)OCC(=O)Nc1ccc(C)cc1)N1C(=O)[C@@H]2C3c4ccccc4C(c4ccccc43)[C@H]2C1=O. The molecule has 1 saturated heterocycles. The van der Waals surface area contributed by atoms with Gasteiger partial charge in [-0.2, -0.15) is 0 Å². The van der Waals surface area contributed by atoms with Crippen LogP contribution in [0.4, 0.5) is 5.69 Å². The van der Waals surface area contributed by atoms with Crippen molar-refractivity contribution in [3.05, 3.63) is 101 Å². The number of amides is 3. The number of nitrogens with zero attached hydrogens (tertiary/aromatic N) is 1. The van der Waals surface area contributed by atoms with Gasteiger partial charge in [0, 0.05) is 17.5 Å². The summed E-state index contributed by atoms with van der Waals surface area (Å²) in [6.07, 6.45) is 1.71. The van der Waals surface area contributed by atoms with Gasteiger partial charge < -0.3 is 10.1 Å². The topological polar surface area (TPSA) is 92.8 Å². The van der Waals surface area contributed by atoms with Crippen molar-refractivity contribution in [3.63, 3.8) is 0 Å². The van der Waals surface area contributed by atoms with E-state index in [1.165, 1.54) is 4.90 Å². The largest absolute Gasteiger partial charge is 0.454 e. The van der Waals surface area contributed by atoms with E-state index in [0.29, 0.717) is 18.5 Å². The Bertz CT molecular complexity index is 1380. The lowest BCUT2D eigenvalue weighted by molar-refractivity contribution is -0.160. The molecule has 3 aromatic rings. The van der Waals surface area contributed by atoms with E-state index >= 15 is 0 Å². The highest BCUT2D eigenvalue weighted by atomic mass is 16.5. The van der Waals surface area contributed by atoms with Gasteiger partial charge in [0.15, 0.2) is 6.61 Å². The van der Waals surface area contributed by atoms with Crippen molar-refractivity contribution in [1.82, 2.24) is 4.90 Å². The first-order valence-corrected chi connectivity index (χ1v) is 14.0. The van der Waals surface area contributed by atoms with Crippen LogP contribution in [-0.2, 0) is 23.9 Å². The van der Waals surface area contributed by atoms with Gasteiger partial charge in [-0.1, -0.05) is 86.0 Å². The van der Waals surface area contributed by atoms with E-state index in [-0.39, 0.29) is 23.7 Å². The second-order valence-corrected chi connectivity index (χ2v) is 11.0. The monoisotopic (exact) mass is 536 g/mol. The lowest BCUT2D eigenvalue weighted by Crippen LogP contribution is -2.47. The molecule has 7 heteroatoms. The number of carbonyl (C=O) groups excluding carboxylic acids is 4. The van der Waals surface area contributed by atoms with Crippen LogP contribution in [0.1, 0.15) is 65.8 Å². The summed E-state index contributed by atoms with van der Waals surface area (Å²) in [5, 5.41) is 2.71. The number of anilines is 1. The number of rotatable bonds is 8. The minimum Gasteiger partial charge on any atom is -0.454 e. The van der Waals surface area contributed by atoms with Crippen LogP contribution < -0.4 is 5.32 Å². The van der Waals surface area contributed by atoms with Crippen molar-refractivity contribution in [3.8, 4) is 0 Å². The Balaban J connectivity index is 1.26. The molecule has 1 fully saturated rings. The maximum atomic E-state index is 14.1. The number of aryl methyl sites for hydroxylation is 1. The molecule has 1 heterocycles. The summed E-state index contributed by atoms with van der Waals surface area (Å²) in [6, 6.07) is 22.3. The number of ether oxygens (including phenoxy) is 1. The van der Waals surface area contributed by atoms with E-state index in [9.17, 15) is 19.2 Å². The summed E-state index contributed by atoms with van der Waals surface area (Å²) in [7, 11) is 0. The third kappa shape index (κ3) is 4.21. The van der Waals surface area contributed by atoms with E-state index in [4.69, 9.17) is 4.74 Å². The van der Waals surface area contributed by atoms with Gasteiger partial charge in [-0.25, -0.2) is 4.79 Å². The summed E-state index contributed by atoms with van der Waals surface area (Å²) < 4.78 is 5.42. The number of hydrogen-bond acceptors (Lipinski definition) is 5. The summed E-state index contributed by atoms with van der Waals surface area (Å²) >= 11 is 0. The second kappa shape index (κ2) is 10.4. The van der Waals surface area contributed by atoms with E-state index < -0.39 is 36.4 Å². The molecule has 4 aliphatic rings. The molecule has 3 atom stereocenters. The summed E-state index contributed by atoms with van der Waals surface area (Å²) in [4.78, 5) is 55.3. The number of carbonyl (C=O) groups is 4. The normalized spacial score (nSPS) is 22.8. The number of likely N-dealkylation sites (tertiary alicyclic amines) is 1. The Morgan fingerprint density at radius 1 is 0.825 bits per heavy atom. The van der Waals surface area contributed by atoms with Gasteiger partial charge in [0.1, 0.15) is 6.04 Å². The molecular formula is C33H32N2O5. The fourth-order valence-electron chi connectivity index (χ4n) is 6.82. The van der Waals surface area contributed by atoms with Crippen LogP contribution in [-0.4, -0.2) is 41.2 Å². The van der Waals surface area contributed by atoms with Crippen LogP contribution in [0.25, 0.3) is 0 Å². The van der Waals surface area contributed by atoms with Gasteiger partial charge in [-0.3, -0.25) is 19.3 Å². The number of benzene rings is 3. The van der Waals surface area contributed by atoms with Crippen molar-refractivity contribution in [1.29, 1.82) is 0 Å². The molecule has 1 aliphatic heterocycles. The molecule has 7 nitrogen and oxygen atoms in total. The third-order valence-corrected chi connectivity index (χ3v) is 8.58. The first-order valence-electron chi connectivity index (χ1n) is 14.0. The van der Waals surface area contributed by atoms with Gasteiger partial charge in [-0.15, -0.1) is 0 Å². The van der Waals surface area contributed by atoms with Crippen LogP contribution in [0.3, 0.4) is 0 Å². The Kier molecular flexibility index (Phi) is 6.74. The highest BCUT2D eigenvalue weighted by Gasteiger charge is 2.63. The van der Waals surface area contributed by atoms with E-state index in [2.05, 4.69) is 29.6 Å². The highest BCUT2D eigenvalue weighted by molar-refractivity contribution is 6.10. The average Bonchev–Trinajstić information content (AvgIpc) is 3.23. The number of unbranched alkanes of at least 4 members (excludes halogenated alkanes) is 1. The lowest BCUT2D eigenvalue weighted by Gasteiger charge is -2.45. The quantitative estimate of drug-likeness (QED) is 0.326. The number of imide groups is 1. The Labute approximate surface area is 233 Å². The molecule has 0 aromatic heterocycles. The molecule has 7 rings (SSSR count). The molecule has 3 aromatic carbocycles. The van der Waals surface area contributed by atoms with Crippen LogP contribution >= 0.6 is 0 Å². The molecular weight excluding hydrogens is 504 g/mol. The van der Waals surface area contributed by atoms with Crippen LogP contribution in [0, 0.1) is 18.8 Å². The fourth-order valence-corrected chi connectivity index (χ4v) is 6.82. The minimum absolute atomic E-state index is 0.244.